The van der Waals surface area contributed by atoms with E-state index in [2.05, 4.69) is 10.6 Å². The molecule has 0 spiro atoms. The van der Waals surface area contributed by atoms with E-state index in [4.69, 9.17) is 4.74 Å². The molecule has 0 saturated carbocycles. The van der Waals surface area contributed by atoms with Gasteiger partial charge in [0.1, 0.15) is 5.60 Å². The van der Waals surface area contributed by atoms with Crippen LogP contribution in [0.25, 0.3) is 0 Å². The zero-order valence-corrected chi connectivity index (χ0v) is 16.6. The van der Waals surface area contributed by atoms with Gasteiger partial charge in [-0.25, -0.2) is 4.79 Å². The molecule has 1 aliphatic heterocycles. The summed E-state index contributed by atoms with van der Waals surface area (Å²) in [7, 11) is 0. The van der Waals surface area contributed by atoms with Crippen LogP contribution >= 0.6 is 0 Å². The number of rotatable bonds is 6. The first-order valence-electron chi connectivity index (χ1n) is 9.27. The van der Waals surface area contributed by atoms with Crippen molar-refractivity contribution in [3.63, 3.8) is 0 Å². The molecule has 0 aromatic rings. The molecule has 0 aliphatic carbocycles. The third-order valence-electron chi connectivity index (χ3n) is 3.93. The maximum atomic E-state index is 12.0. The van der Waals surface area contributed by atoms with E-state index in [9.17, 15) is 14.4 Å². The van der Waals surface area contributed by atoms with Gasteiger partial charge in [-0.3, -0.25) is 9.59 Å². The summed E-state index contributed by atoms with van der Waals surface area (Å²) in [6, 6.07) is 0. The average Bonchev–Trinajstić information content (AvgIpc) is 2.55. The normalized spacial score (nSPS) is 16.0. The Morgan fingerprint density at radius 3 is 2.31 bits per heavy atom. The smallest absolute Gasteiger partial charge is 0.408 e. The van der Waals surface area contributed by atoms with Gasteiger partial charge in [0, 0.05) is 19.6 Å². The first kappa shape index (κ1) is 22.0. The number of nitrogens with zero attached hydrogens (tertiary/aromatic N) is 1. The summed E-state index contributed by atoms with van der Waals surface area (Å²) in [4.78, 5) is 37.2. The molecule has 3 amide bonds. The summed E-state index contributed by atoms with van der Waals surface area (Å²) < 4.78 is 5.08. The van der Waals surface area contributed by atoms with Crippen LogP contribution in [0.4, 0.5) is 4.79 Å². The number of hydrogen-bond donors (Lipinski definition) is 2. The van der Waals surface area contributed by atoms with Gasteiger partial charge >= 0.3 is 6.09 Å². The second-order valence-corrected chi connectivity index (χ2v) is 8.03. The van der Waals surface area contributed by atoms with Crippen molar-refractivity contribution in [2.45, 2.75) is 53.1 Å². The van der Waals surface area contributed by atoms with Gasteiger partial charge in [-0.05, 0) is 51.5 Å². The molecule has 0 aromatic heterocycles. The van der Waals surface area contributed by atoms with Gasteiger partial charge in [-0.2, -0.15) is 0 Å². The Morgan fingerprint density at radius 1 is 1.15 bits per heavy atom. The third kappa shape index (κ3) is 9.44. The van der Waals surface area contributed by atoms with Gasteiger partial charge in [-0.15, -0.1) is 0 Å². The maximum Gasteiger partial charge on any atom is 0.408 e. The van der Waals surface area contributed by atoms with Crippen molar-refractivity contribution in [2.24, 2.45) is 11.8 Å². The van der Waals surface area contributed by atoms with Crippen molar-refractivity contribution in [3.8, 4) is 0 Å². The number of ether oxygens (including phenoxy) is 1. The molecule has 0 aromatic carbocycles. The van der Waals surface area contributed by atoms with Gasteiger partial charge < -0.3 is 20.3 Å². The number of allylic oxidation sites excluding steroid dienone is 1. The van der Waals surface area contributed by atoms with E-state index < -0.39 is 11.7 Å². The molecule has 1 saturated heterocycles. The summed E-state index contributed by atoms with van der Waals surface area (Å²) in [5, 5.41) is 5.27. The van der Waals surface area contributed by atoms with Crippen molar-refractivity contribution in [2.75, 3.05) is 26.2 Å². The van der Waals surface area contributed by atoms with Gasteiger partial charge in [0.2, 0.25) is 11.8 Å². The van der Waals surface area contributed by atoms with Crippen LogP contribution in [0.2, 0.25) is 0 Å². The number of likely N-dealkylation sites (tertiary alicyclic amines) is 1. The second-order valence-electron chi connectivity index (χ2n) is 8.03. The van der Waals surface area contributed by atoms with Crippen molar-refractivity contribution in [1.29, 1.82) is 0 Å². The van der Waals surface area contributed by atoms with E-state index in [1.54, 1.807) is 26.8 Å². The number of amides is 3. The molecular formula is C19H33N3O4. The molecule has 148 valence electrons. The summed E-state index contributed by atoms with van der Waals surface area (Å²) in [5.74, 6) is 0.525. The van der Waals surface area contributed by atoms with E-state index >= 15 is 0 Å². The minimum Gasteiger partial charge on any atom is -0.444 e. The molecule has 0 unspecified atom stereocenters. The van der Waals surface area contributed by atoms with E-state index in [1.165, 1.54) is 0 Å². The number of piperidine rings is 1. The van der Waals surface area contributed by atoms with Gasteiger partial charge in [0.05, 0.1) is 6.54 Å². The molecule has 1 fully saturated rings. The lowest BCUT2D eigenvalue weighted by Crippen LogP contribution is -2.43. The van der Waals surface area contributed by atoms with Crippen molar-refractivity contribution in [3.05, 3.63) is 12.2 Å². The molecule has 1 rings (SSSR count). The number of alkyl carbamates (subject to hydrolysis) is 1. The van der Waals surface area contributed by atoms with Crippen molar-refractivity contribution < 1.29 is 19.1 Å². The molecule has 7 heteroatoms. The summed E-state index contributed by atoms with van der Waals surface area (Å²) >= 11 is 0. The highest BCUT2D eigenvalue weighted by molar-refractivity contribution is 5.87. The molecule has 7 nitrogen and oxygen atoms in total. The Balaban J connectivity index is 2.22. The third-order valence-corrected chi connectivity index (χ3v) is 3.93. The van der Waals surface area contributed by atoms with Gasteiger partial charge in [0.15, 0.2) is 0 Å². The highest BCUT2D eigenvalue weighted by Gasteiger charge is 2.22. The quantitative estimate of drug-likeness (QED) is 0.704. The molecule has 1 aliphatic rings. The lowest BCUT2D eigenvalue weighted by Gasteiger charge is -2.31. The van der Waals surface area contributed by atoms with Crippen LogP contribution in [0, 0.1) is 11.8 Å². The molecule has 0 bridgehead atoms. The highest BCUT2D eigenvalue weighted by atomic mass is 16.6. The van der Waals surface area contributed by atoms with Crippen LogP contribution < -0.4 is 10.6 Å². The average molecular weight is 367 g/mol. The monoisotopic (exact) mass is 367 g/mol. The topological polar surface area (TPSA) is 87.7 Å². The predicted octanol–water partition coefficient (Wildman–Crippen LogP) is 2.08. The van der Waals surface area contributed by atoms with Gasteiger partial charge in [0.25, 0.3) is 0 Å². The maximum absolute atomic E-state index is 12.0. The highest BCUT2D eigenvalue weighted by Crippen LogP contribution is 2.16. The summed E-state index contributed by atoms with van der Waals surface area (Å²) in [5.41, 5.74) is -0.587. The fraction of sp³-hybridized carbons (Fsp3) is 0.737. The zero-order chi connectivity index (χ0) is 19.7. The molecule has 0 radical (unpaired) electrons. The Hall–Kier alpha value is -2.05. The fourth-order valence-corrected chi connectivity index (χ4v) is 2.52. The summed E-state index contributed by atoms with van der Waals surface area (Å²) in [6.07, 6.45) is 4.68. The molecule has 0 atom stereocenters. The fourth-order valence-electron chi connectivity index (χ4n) is 2.52. The minimum absolute atomic E-state index is 0.0581. The van der Waals surface area contributed by atoms with Crippen LogP contribution in [0.15, 0.2) is 12.2 Å². The van der Waals surface area contributed by atoms with Gasteiger partial charge in [-0.1, -0.05) is 19.9 Å². The Morgan fingerprint density at radius 2 is 1.77 bits per heavy atom. The Kier molecular flexibility index (Phi) is 8.61. The first-order valence-corrected chi connectivity index (χ1v) is 9.27. The van der Waals surface area contributed by atoms with Crippen LogP contribution in [-0.4, -0.2) is 54.6 Å². The van der Waals surface area contributed by atoms with E-state index in [0.29, 0.717) is 31.5 Å². The first-order chi connectivity index (χ1) is 12.1. The minimum atomic E-state index is -0.603. The van der Waals surface area contributed by atoms with E-state index in [0.717, 1.165) is 12.8 Å². The predicted molar refractivity (Wildman–Crippen MR) is 101 cm³/mol. The Bertz CT molecular complexity index is 515. The molecule has 1 heterocycles. The van der Waals surface area contributed by atoms with Crippen molar-refractivity contribution in [1.82, 2.24) is 15.5 Å². The van der Waals surface area contributed by atoms with Crippen LogP contribution in [0.3, 0.4) is 0 Å². The standard InChI is InChI=1S/C19H33N3O4/c1-14(2)6-7-17(24)22-10-8-15(9-11-22)12-20-16(23)13-21-18(25)26-19(3,4)5/h6-7,14-15H,8-13H2,1-5H3,(H,20,23)(H,21,25)/b7-6+. The zero-order valence-electron chi connectivity index (χ0n) is 16.6. The van der Waals surface area contributed by atoms with Crippen LogP contribution in [0.1, 0.15) is 47.5 Å². The number of nitrogens with one attached hydrogen (secondary N) is 2. The Labute approximate surface area is 156 Å². The number of carbonyl (C=O) groups is 3. The summed E-state index contributed by atoms with van der Waals surface area (Å²) in [6.45, 7) is 11.2. The van der Waals surface area contributed by atoms with Crippen LogP contribution in [0.5, 0.6) is 0 Å². The molecular weight excluding hydrogens is 334 g/mol. The van der Waals surface area contributed by atoms with E-state index in [1.807, 2.05) is 24.8 Å². The SMILES string of the molecule is CC(C)/C=C/C(=O)N1CCC(CNC(=O)CNC(=O)OC(C)(C)C)CC1. The molecule has 26 heavy (non-hydrogen) atoms. The number of carbonyl (C=O) groups excluding carboxylic acids is 3. The number of hydrogen-bond acceptors (Lipinski definition) is 4. The lowest BCUT2D eigenvalue weighted by molar-refractivity contribution is -0.127. The van der Waals surface area contributed by atoms with Crippen LogP contribution in [-0.2, 0) is 14.3 Å². The molecule has 2 N–H and O–H groups in total. The lowest BCUT2D eigenvalue weighted by atomic mass is 9.96. The largest absolute Gasteiger partial charge is 0.444 e. The van der Waals surface area contributed by atoms with Crippen molar-refractivity contribution >= 4 is 17.9 Å². The van der Waals surface area contributed by atoms with E-state index in [-0.39, 0.29) is 18.4 Å². The second kappa shape index (κ2) is 10.2.